The Hall–Kier alpha value is 0.217. The van der Waals surface area contributed by atoms with Crippen LogP contribution in [-0.2, 0) is 0 Å². The van der Waals surface area contributed by atoms with E-state index < -0.39 is 0 Å². The molecule has 0 heterocycles. The van der Waals surface area contributed by atoms with Gasteiger partial charge in [0.1, 0.15) is 0 Å². The highest BCUT2D eigenvalue weighted by atomic mass is 28.3. The van der Waals surface area contributed by atoms with Gasteiger partial charge in [0.25, 0.3) is 0 Å². The molecule has 0 aromatic carbocycles. The lowest BCUT2D eigenvalue weighted by Gasteiger charge is -2.10. The lowest BCUT2D eigenvalue weighted by Crippen LogP contribution is -1.95. The molecular weight excluding hydrogens is 88.1 g/mol. The quantitative estimate of drug-likeness (QED) is 0.467. The van der Waals surface area contributed by atoms with Gasteiger partial charge in [0.2, 0.25) is 0 Å². The van der Waals surface area contributed by atoms with Gasteiger partial charge < -0.3 is 0 Å². The molecule has 0 atom stereocenters. The summed E-state index contributed by atoms with van der Waals surface area (Å²) in [5, 5.41) is 0. The molecule has 0 fully saturated rings. The highest BCUT2D eigenvalue weighted by Gasteiger charge is 1.71. The molecule has 0 radical (unpaired) electrons. The summed E-state index contributed by atoms with van der Waals surface area (Å²) in [6.07, 6.45) is 1.38. The fourth-order valence-electron chi connectivity index (χ4n) is 0.500. The van der Waals surface area contributed by atoms with Crippen LogP contribution in [0.15, 0.2) is 0 Å². The SMILES string of the molecule is CCC[Si-](C)C. The van der Waals surface area contributed by atoms with Crippen molar-refractivity contribution in [3.8, 4) is 0 Å². The molecule has 0 unspecified atom stereocenters. The highest BCUT2D eigenvalue weighted by molar-refractivity contribution is 6.55. The third-order valence-corrected chi connectivity index (χ3v) is 2.25. The second-order valence-electron chi connectivity index (χ2n) is 1.96. The Bertz CT molecular complexity index is 25.1. The fourth-order valence-corrected chi connectivity index (χ4v) is 1.50. The van der Waals surface area contributed by atoms with Crippen LogP contribution in [0.1, 0.15) is 13.3 Å². The van der Waals surface area contributed by atoms with E-state index in [0.29, 0.717) is 0 Å². The monoisotopic (exact) mass is 101 g/mol. The molecule has 0 N–H and O–H groups in total. The molecule has 0 bridgehead atoms. The topological polar surface area (TPSA) is 0 Å². The van der Waals surface area contributed by atoms with Crippen LogP contribution in [0.5, 0.6) is 0 Å². The van der Waals surface area contributed by atoms with E-state index in [9.17, 15) is 0 Å². The Morgan fingerprint density at radius 3 is 1.83 bits per heavy atom. The largest absolute Gasteiger partial charge is 0.267 e. The third-order valence-electron chi connectivity index (χ3n) is 0.750. The molecule has 0 nitrogen and oxygen atoms in total. The molecule has 0 rings (SSSR count). The molecule has 0 amide bonds. The minimum absolute atomic E-state index is 0.114. The first-order valence-electron chi connectivity index (χ1n) is 2.56. The van der Waals surface area contributed by atoms with Crippen LogP contribution in [0.25, 0.3) is 0 Å². The maximum absolute atomic E-state index is 2.36. The van der Waals surface area contributed by atoms with Crippen molar-refractivity contribution in [1.29, 1.82) is 0 Å². The van der Waals surface area contributed by atoms with Gasteiger partial charge >= 0.3 is 0 Å². The van der Waals surface area contributed by atoms with Crippen LogP contribution in [0, 0.1) is 0 Å². The van der Waals surface area contributed by atoms with Crippen LogP contribution in [-0.4, -0.2) is 8.80 Å². The van der Waals surface area contributed by atoms with Crippen LogP contribution < -0.4 is 0 Å². The molecule has 0 aliphatic carbocycles. The van der Waals surface area contributed by atoms with Crippen molar-refractivity contribution in [1.82, 2.24) is 0 Å². The Morgan fingerprint density at radius 2 is 1.83 bits per heavy atom. The fraction of sp³-hybridized carbons (Fsp3) is 1.00. The average Bonchev–Trinajstić information content (AvgIpc) is 1.35. The maximum atomic E-state index is 2.36. The summed E-state index contributed by atoms with van der Waals surface area (Å²) in [5.41, 5.74) is 0. The smallest absolute Gasteiger partial charge is 0.0682 e. The van der Waals surface area contributed by atoms with Crippen molar-refractivity contribution in [2.45, 2.75) is 32.5 Å². The molecule has 0 aliphatic rings. The van der Waals surface area contributed by atoms with Gasteiger partial charge in [0.15, 0.2) is 0 Å². The summed E-state index contributed by atoms with van der Waals surface area (Å²) in [4.78, 5) is 0. The number of hydrogen-bond acceptors (Lipinski definition) is 0. The van der Waals surface area contributed by atoms with Crippen LogP contribution in [0.2, 0.25) is 19.1 Å². The summed E-state index contributed by atoms with van der Waals surface area (Å²) in [6.45, 7) is 6.96. The summed E-state index contributed by atoms with van der Waals surface area (Å²) < 4.78 is 0. The van der Waals surface area contributed by atoms with E-state index in [1.54, 1.807) is 0 Å². The van der Waals surface area contributed by atoms with E-state index in [2.05, 4.69) is 20.0 Å². The van der Waals surface area contributed by atoms with E-state index in [-0.39, 0.29) is 8.80 Å². The second kappa shape index (κ2) is 3.41. The molecular formula is C5H13Si-. The van der Waals surface area contributed by atoms with E-state index in [1.807, 2.05) is 0 Å². The molecule has 1 heteroatoms. The molecule has 0 saturated carbocycles. The zero-order valence-corrected chi connectivity index (χ0v) is 5.91. The zero-order chi connectivity index (χ0) is 4.99. The van der Waals surface area contributed by atoms with Gasteiger partial charge in [-0.1, -0.05) is 13.3 Å². The van der Waals surface area contributed by atoms with Gasteiger partial charge in [-0.3, -0.25) is 8.80 Å². The van der Waals surface area contributed by atoms with Crippen LogP contribution >= 0.6 is 0 Å². The van der Waals surface area contributed by atoms with E-state index in [4.69, 9.17) is 0 Å². The minimum atomic E-state index is 0.114. The van der Waals surface area contributed by atoms with Gasteiger partial charge in [0, 0.05) is 0 Å². The molecule has 38 valence electrons. The average molecular weight is 101 g/mol. The zero-order valence-electron chi connectivity index (χ0n) is 4.91. The molecule has 6 heavy (non-hydrogen) atoms. The third kappa shape index (κ3) is 4.22. The Kier molecular flexibility index (Phi) is 3.53. The summed E-state index contributed by atoms with van der Waals surface area (Å²) in [5.74, 6) is 0. The molecule has 0 aromatic heterocycles. The lowest BCUT2D eigenvalue weighted by atomic mass is 10.6. The van der Waals surface area contributed by atoms with Crippen molar-refractivity contribution in [3.63, 3.8) is 0 Å². The van der Waals surface area contributed by atoms with Gasteiger partial charge in [-0.2, -0.15) is 19.1 Å². The predicted octanol–water partition coefficient (Wildman–Crippen LogP) is 2.15. The van der Waals surface area contributed by atoms with Gasteiger partial charge in [-0.05, 0) is 0 Å². The van der Waals surface area contributed by atoms with Crippen molar-refractivity contribution < 1.29 is 0 Å². The maximum Gasteiger partial charge on any atom is -0.0682 e. The number of rotatable bonds is 2. The minimum Gasteiger partial charge on any atom is -0.267 e. The first-order chi connectivity index (χ1) is 2.77. The Balaban J connectivity index is 2.63. The summed E-state index contributed by atoms with van der Waals surface area (Å²) >= 11 is 0. The normalized spacial score (nSPS) is 10.0. The molecule has 0 aromatic rings. The first kappa shape index (κ1) is 6.22. The van der Waals surface area contributed by atoms with E-state index >= 15 is 0 Å². The van der Waals surface area contributed by atoms with Crippen LogP contribution in [0.4, 0.5) is 0 Å². The van der Waals surface area contributed by atoms with Gasteiger partial charge in [-0.25, -0.2) is 0 Å². The molecule has 0 saturated heterocycles. The van der Waals surface area contributed by atoms with Gasteiger partial charge in [-0.15, -0.1) is 0 Å². The van der Waals surface area contributed by atoms with Crippen LogP contribution in [0.3, 0.4) is 0 Å². The first-order valence-corrected chi connectivity index (χ1v) is 5.27. The van der Waals surface area contributed by atoms with E-state index in [1.165, 1.54) is 12.5 Å². The van der Waals surface area contributed by atoms with Gasteiger partial charge in [0.05, 0.1) is 0 Å². The standard InChI is InChI=1S/C5H13Si/c1-4-5-6(2)3/h4-5H2,1-3H3/q-1. The van der Waals surface area contributed by atoms with Crippen molar-refractivity contribution >= 4 is 8.80 Å². The van der Waals surface area contributed by atoms with E-state index in [0.717, 1.165) is 0 Å². The number of hydrogen-bond donors (Lipinski definition) is 0. The van der Waals surface area contributed by atoms with Crippen molar-refractivity contribution in [3.05, 3.63) is 0 Å². The second-order valence-corrected chi connectivity index (χ2v) is 4.87. The Labute approximate surface area is 42.2 Å². The predicted molar refractivity (Wildman–Crippen MR) is 32.6 cm³/mol. The van der Waals surface area contributed by atoms with Crippen molar-refractivity contribution in [2.75, 3.05) is 0 Å². The molecule has 0 aliphatic heterocycles. The summed E-state index contributed by atoms with van der Waals surface area (Å²) in [6, 6.07) is 1.48. The Morgan fingerprint density at radius 1 is 1.33 bits per heavy atom. The highest BCUT2D eigenvalue weighted by Crippen LogP contribution is 1.92. The molecule has 0 spiro atoms. The summed E-state index contributed by atoms with van der Waals surface area (Å²) in [7, 11) is 0.114. The lowest BCUT2D eigenvalue weighted by molar-refractivity contribution is 1.06. The van der Waals surface area contributed by atoms with Crippen molar-refractivity contribution in [2.24, 2.45) is 0 Å².